The van der Waals surface area contributed by atoms with E-state index in [-0.39, 0.29) is 28.7 Å². The van der Waals surface area contributed by atoms with Crippen LogP contribution in [0.4, 0.5) is 0 Å². The number of aromatic nitrogens is 2. The van der Waals surface area contributed by atoms with E-state index in [0.29, 0.717) is 5.82 Å². The summed E-state index contributed by atoms with van der Waals surface area (Å²) < 4.78 is 34.6. The number of rotatable bonds is 6. The van der Waals surface area contributed by atoms with E-state index in [1.165, 1.54) is 19.1 Å². The number of hydrogen-bond donors (Lipinski definition) is 0. The molecular formula is C19H18N2O5S. The fourth-order valence-electron chi connectivity index (χ4n) is 2.51. The summed E-state index contributed by atoms with van der Waals surface area (Å²) in [6.07, 6.45) is 0. The van der Waals surface area contributed by atoms with E-state index in [4.69, 9.17) is 9.26 Å². The predicted octanol–water partition coefficient (Wildman–Crippen LogP) is 3.20. The van der Waals surface area contributed by atoms with E-state index in [1.54, 1.807) is 12.1 Å². The maximum absolute atomic E-state index is 12.4. The normalized spacial score (nSPS) is 11.3. The van der Waals surface area contributed by atoms with Gasteiger partial charge in [0.25, 0.3) is 5.89 Å². The van der Waals surface area contributed by atoms with Crippen LogP contribution in [0.2, 0.25) is 0 Å². The molecule has 0 atom stereocenters. The maximum atomic E-state index is 12.4. The third-order valence-corrected chi connectivity index (χ3v) is 5.79. The molecule has 2 aromatic carbocycles. The van der Waals surface area contributed by atoms with Gasteiger partial charge in [0.05, 0.1) is 16.2 Å². The van der Waals surface area contributed by atoms with Crippen molar-refractivity contribution in [3.63, 3.8) is 0 Å². The molecular weight excluding hydrogens is 368 g/mol. The fourth-order valence-corrected chi connectivity index (χ4v) is 3.60. The monoisotopic (exact) mass is 386 g/mol. The molecule has 0 aliphatic heterocycles. The van der Waals surface area contributed by atoms with E-state index in [2.05, 4.69) is 10.1 Å². The van der Waals surface area contributed by atoms with Crippen molar-refractivity contribution >= 4 is 15.8 Å². The minimum atomic E-state index is -3.55. The molecule has 0 aliphatic carbocycles. The van der Waals surface area contributed by atoms with Gasteiger partial charge in [-0.3, -0.25) is 0 Å². The summed E-state index contributed by atoms with van der Waals surface area (Å²) in [5, 5.41) is 3.89. The Morgan fingerprint density at radius 3 is 2.56 bits per heavy atom. The largest absolute Gasteiger partial charge is 0.452 e. The average Bonchev–Trinajstić information content (AvgIpc) is 3.15. The predicted molar refractivity (Wildman–Crippen MR) is 97.8 cm³/mol. The molecule has 0 spiro atoms. The van der Waals surface area contributed by atoms with E-state index in [1.807, 2.05) is 31.2 Å². The number of carbonyl (C=O) groups excluding carboxylic acids is 1. The Labute approximate surface area is 156 Å². The number of aryl methyl sites for hydroxylation is 1. The van der Waals surface area contributed by atoms with Crippen LogP contribution in [0.5, 0.6) is 0 Å². The van der Waals surface area contributed by atoms with Gasteiger partial charge < -0.3 is 9.26 Å². The van der Waals surface area contributed by atoms with Gasteiger partial charge in [-0.2, -0.15) is 4.98 Å². The van der Waals surface area contributed by atoms with Crippen molar-refractivity contribution in [1.82, 2.24) is 10.1 Å². The van der Waals surface area contributed by atoms with E-state index in [0.717, 1.165) is 11.1 Å². The zero-order valence-electron chi connectivity index (χ0n) is 14.9. The summed E-state index contributed by atoms with van der Waals surface area (Å²) in [6, 6.07) is 13.5. The molecule has 0 N–H and O–H groups in total. The van der Waals surface area contributed by atoms with Crippen molar-refractivity contribution in [2.45, 2.75) is 25.3 Å². The van der Waals surface area contributed by atoms with Crippen molar-refractivity contribution in [3.8, 4) is 11.4 Å². The summed E-state index contributed by atoms with van der Waals surface area (Å²) in [6.45, 7) is 3.19. The molecule has 0 bridgehead atoms. The molecule has 1 aromatic heterocycles. The van der Waals surface area contributed by atoms with Crippen LogP contribution in [0.3, 0.4) is 0 Å². The van der Waals surface area contributed by atoms with Gasteiger partial charge in [0, 0.05) is 5.56 Å². The van der Waals surface area contributed by atoms with Crippen LogP contribution in [-0.2, 0) is 21.2 Å². The second kappa shape index (κ2) is 7.71. The first-order chi connectivity index (χ1) is 12.9. The Kier molecular flexibility index (Phi) is 5.36. The fraction of sp³-hybridized carbons (Fsp3) is 0.211. The molecule has 3 aromatic rings. The van der Waals surface area contributed by atoms with Crippen LogP contribution in [0.1, 0.15) is 28.7 Å². The Hall–Kier alpha value is -3.00. The van der Waals surface area contributed by atoms with Crippen LogP contribution in [0.25, 0.3) is 11.4 Å². The van der Waals surface area contributed by atoms with E-state index >= 15 is 0 Å². The van der Waals surface area contributed by atoms with Gasteiger partial charge in [-0.15, -0.1) is 0 Å². The number of benzene rings is 2. The molecule has 0 radical (unpaired) electrons. The second-order valence-corrected chi connectivity index (χ2v) is 8.05. The zero-order valence-corrected chi connectivity index (χ0v) is 15.7. The van der Waals surface area contributed by atoms with E-state index < -0.39 is 15.8 Å². The summed E-state index contributed by atoms with van der Waals surface area (Å²) >= 11 is 0. The topological polar surface area (TPSA) is 99.4 Å². The minimum Gasteiger partial charge on any atom is -0.452 e. The third kappa shape index (κ3) is 4.06. The number of nitrogens with zero attached hydrogens (tertiary/aromatic N) is 2. The van der Waals surface area contributed by atoms with Gasteiger partial charge in [0.1, 0.15) is 0 Å². The summed E-state index contributed by atoms with van der Waals surface area (Å²) in [4.78, 5) is 16.5. The third-order valence-electron chi connectivity index (χ3n) is 4.00. The van der Waals surface area contributed by atoms with Crippen LogP contribution in [0.15, 0.2) is 57.9 Å². The highest BCUT2D eigenvalue weighted by atomic mass is 32.2. The highest BCUT2D eigenvalue weighted by Crippen LogP contribution is 2.21. The van der Waals surface area contributed by atoms with Gasteiger partial charge in [-0.05, 0) is 24.6 Å². The minimum absolute atomic E-state index is 0.0157. The van der Waals surface area contributed by atoms with Crippen molar-refractivity contribution in [3.05, 3.63) is 65.5 Å². The van der Waals surface area contributed by atoms with Crippen LogP contribution >= 0.6 is 0 Å². The Morgan fingerprint density at radius 1 is 1.11 bits per heavy atom. The molecule has 3 rings (SSSR count). The summed E-state index contributed by atoms with van der Waals surface area (Å²) in [7, 11) is -3.55. The average molecular weight is 386 g/mol. The molecule has 1 heterocycles. The molecule has 0 fully saturated rings. The molecule has 140 valence electrons. The molecule has 0 saturated carbocycles. The smallest absolute Gasteiger partial charge is 0.339 e. The SMILES string of the molecule is CCS(=O)(=O)c1ccccc1C(=O)OCc1nc(-c2ccccc2C)no1. The molecule has 0 unspecified atom stereocenters. The van der Waals surface area contributed by atoms with Gasteiger partial charge in [-0.25, -0.2) is 13.2 Å². The van der Waals surface area contributed by atoms with Crippen molar-refractivity contribution in [2.24, 2.45) is 0 Å². The van der Waals surface area contributed by atoms with Crippen molar-refractivity contribution in [2.75, 3.05) is 5.75 Å². The lowest BCUT2D eigenvalue weighted by atomic mass is 10.1. The quantitative estimate of drug-likeness (QED) is 0.600. The first-order valence-corrected chi connectivity index (χ1v) is 9.95. The number of carbonyl (C=O) groups is 1. The molecule has 0 amide bonds. The van der Waals surface area contributed by atoms with Gasteiger partial charge in [-0.1, -0.05) is 48.5 Å². The molecule has 0 aliphatic rings. The van der Waals surface area contributed by atoms with Crippen molar-refractivity contribution in [1.29, 1.82) is 0 Å². The lowest BCUT2D eigenvalue weighted by molar-refractivity contribution is 0.0425. The molecule has 0 saturated heterocycles. The zero-order chi connectivity index (χ0) is 19.4. The molecule has 27 heavy (non-hydrogen) atoms. The van der Waals surface area contributed by atoms with Crippen LogP contribution in [0, 0.1) is 6.92 Å². The standard InChI is InChI=1S/C19H18N2O5S/c1-3-27(23,24)16-11-7-6-10-15(16)19(22)25-12-17-20-18(21-26-17)14-9-5-4-8-13(14)2/h4-11H,3,12H2,1-2H3. The Morgan fingerprint density at radius 2 is 1.81 bits per heavy atom. The molecule has 7 nitrogen and oxygen atoms in total. The maximum Gasteiger partial charge on any atom is 0.339 e. The first kappa shape index (κ1) is 18.8. The second-order valence-electron chi connectivity index (χ2n) is 5.80. The number of sulfone groups is 1. The van der Waals surface area contributed by atoms with Crippen molar-refractivity contribution < 1.29 is 22.5 Å². The highest BCUT2D eigenvalue weighted by Gasteiger charge is 2.22. The molecule has 8 heteroatoms. The van der Waals surface area contributed by atoms with Crippen LogP contribution in [-0.4, -0.2) is 30.3 Å². The van der Waals surface area contributed by atoms with Gasteiger partial charge >= 0.3 is 5.97 Å². The van der Waals surface area contributed by atoms with E-state index in [9.17, 15) is 13.2 Å². The number of ether oxygens (including phenoxy) is 1. The summed E-state index contributed by atoms with van der Waals surface area (Å²) in [5.41, 5.74) is 1.79. The Bertz CT molecular complexity index is 1070. The number of esters is 1. The van der Waals surface area contributed by atoms with Crippen LogP contribution < -0.4 is 0 Å². The van der Waals surface area contributed by atoms with Gasteiger partial charge in [0.15, 0.2) is 16.4 Å². The lowest BCUT2D eigenvalue weighted by Gasteiger charge is -2.08. The number of hydrogen-bond acceptors (Lipinski definition) is 7. The Balaban J connectivity index is 1.76. The highest BCUT2D eigenvalue weighted by molar-refractivity contribution is 7.91. The first-order valence-electron chi connectivity index (χ1n) is 8.30. The summed E-state index contributed by atoms with van der Waals surface area (Å²) in [5.74, 6) is -0.357. The lowest BCUT2D eigenvalue weighted by Crippen LogP contribution is -2.13. The van der Waals surface area contributed by atoms with Gasteiger partial charge in [0.2, 0.25) is 5.82 Å².